The van der Waals surface area contributed by atoms with Gasteiger partial charge < -0.3 is 4.90 Å². The Bertz CT molecular complexity index is 383. The summed E-state index contributed by atoms with van der Waals surface area (Å²) in [7, 11) is 2.14. The van der Waals surface area contributed by atoms with Gasteiger partial charge in [-0.2, -0.15) is 0 Å². The topological polar surface area (TPSA) is 3.24 Å². The summed E-state index contributed by atoms with van der Waals surface area (Å²) in [5.74, 6) is 2.72. The van der Waals surface area contributed by atoms with Gasteiger partial charge in [-0.1, -0.05) is 12.0 Å². The standard InChI is InChI=1S/C13H15N/c1-4-11-9-13(6-5-10(11)2)14(3)12-7-8-12/h1,5-6,9,12H,7-8H2,2-3H3. The Hall–Kier alpha value is -1.42. The molecule has 0 aliphatic heterocycles. The molecule has 72 valence electrons. The van der Waals surface area contributed by atoms with Crippen molar-refractivity contribution in [3.63, 3.8) is 0 Å². The lowest BCUT2D eigenvalue weighted by Gasteiger charge is -2.19. The molecular formula is C13H15N. The van der Waals surface area contributed by atoms with Crippen LogP contribution in [0, 0.1) is 19.3 Å². The maximum absolute atomic E-state index is 5.44. The van der Waals surface area contributed by atoms with E-state index in [0.29, 0.717) is 0 Å². The lowest BCUT2D eigenvalue weighted by Crippen LogP contribution is -2.19. The minimum absolute atomic E-state index is 0.739. The summed E-state index contributed by atoms with van der Waals surface area (Å²) in [5, 5.41) is 0. The first-order valence-corrected chi connectivity index (χ1v) is 5.02. The monoisotopic (exact) mass is 185 g/mol. The molecule has 0 saturated heterocycles. The number of hydrogen-bond acceptors (Lipinski definition) is 1. The fraction of sp³-hybridized carbons (Fsp3) is 0.385. The van der Waals surface area contributed by atoms with Crippen molar-refractivity contribution < 1.29 is 0 Å². The highest BCUT2D eigenvalue weighted by molar-refractivity contribution is 5.55. The van der Waals surface area contributed by atoms with Gasteiger partial charge >= 0.3 is 0 Å². The van der Waals surface area contributed by atoms with Crippen LogP contribution in [0.5, 0.6) is 0 Å². The van der Waals surface area contributed by atoms with Gasteiger partial charge in [0.15, 0.2) is 0 Å². The van der Waals surface area contributed by atoms with Gasteiger partial charge in [-0.25, -0.2) is 0 Å². The van der Waals surface area contributed by atoms with Crippen LogP contribution in [0.2, 0.25) is 0 Å². The normalized spacial score (nSPS) is 14.9. The van der Waals surface area contributed by atoms with E-state index in [9.17, 15) is 0 Å². The van der Waals surface area contributed by atoms with Gasteiger partial charge in [0.25, 0.3) is 0 Å². The van der Waals surface area contributed by atoms with E-state index in [-0.39, 0.29) is 0 Å². The molecule has 1 aliphatic carbocycles. The number of terminal acetylenes is 1. The SMILES string of the molecule is C#Cc1cc(N(C)C2CC2)ccc1C. The quantitative estimate of drug-likeness (QED) is 0.640. The van der Waals surface area contributed by atoms with Gasteiger partial charge in [0.1, 0.15) is 0 Å². The van der Waals surface area contributed by atoms with Crippen LogP contribution in [-0.4, -0.2) is 13.1 Å². The molecule has 0 spiro atoms. The van der Waals surface area contributed by atoms with Crippen LogP contribution >= 0.6 is 0 Å². The van der Waals surface area contributed by atoms with Gasteiger partial charge in [-0.3, -0.25) is 0 Å². The predicted molar refractivity (Wildman–Crippen MR) is 60.5 cm³/mol. The van der Waals surface area contributed by atoms with Crippen molar-refractivity contribution in [2.24, 2.45) is 0 Å². The molecule has 1 fully saturated rings. The van der Waals surface area contributed by atoms with E-state index in [0.717, 1.165) is 11.6 Å². The third kappa shape index (κ3) is 1.61. The highest BCUT2D eigenvalue weighted by Gasteiger charge is 2.26. The van der Waals surface area contributed by atoms with Gasteiger partial charge in [0.2, 0.25) is 0 Å². The first-order chi connectivity index (χ1) is 6.72. The summed E-state index contributed by atoms with van der Waals surface area (Å²) >= 11 is 0. The molecule has 0 heterocycles. The summed E-state index contributed by atoms with van der Waals surface area (Å²) in [6.45, 7) is 2.05. The Morgan fingerprint density at radius 3 is 2.71 bits per heavy atom. The van der Waals surface area contributed by atoms with Crippen molar-refractivity contribution in [1.29, 1.82) is 0 Å². The highest BCUT2D eigenvalue weighted by atomic mass is 15.2. The van der Waals surface area contributed by atoms with Crippen LogP contribution in [0.25, 0.3) is 0 Å². The van der Waals surface area contributed by atoms with Crippen molar-refractivity contribution in [2.75, 3.05) is 11.9 Å². The maximum Gasteiger partial charge on any atom is 0.0378 e. The molecule has 0 bridgehead atoms. The van der Waals surface area contributed by atoms with E-state index in [1.807, 2.05) is 0 Å². The zero-order valence-electron chi connectivity index (χ0n) is 8.75. The molecule has 1 aromatic carbocycles. The molecule has 0 radical (unpaired) electrons. The number of hydrogen-bond donors (Lipinski definition) is 0. The molecule has 0 unspecified atom stereocenters. The van der Waals surface area contributed by atoms with Crippen LogP contribution in [0.4, 0.5) is 5.69 Å². The Kier molecular flexibility index (Phi) is 2.21. The van der Waals surface area contributed by atoms with E-state index in [2.05, 4.69) is 43.0 Å². The summed E-state index contributed by atoms with van der Waals surface area (Å²) in [6.07, 6.45) is 8.07. The van der Waals surface area contributed by atoms with Gasteiger partial charge in [0.05, 0.1) is 0 Å². The summed E-state index contributed by atoms with van der Waals surface area (Å²) in [5.41, 5.74) is 3.43. The van der Waals surface area contributed by atoms with E-state index in [1.165, 1.54) is 24.1 Å². The molecule has 1 aromatic rings. The Morgan fingerprint density at radius 2 is 2.14 bits per heavy atom. The fourth-order valence-electron chi connectivity index (χ4n) is 1.66. The first-order valence-electron chi connectivity index (χ1n) is 5.02. The Labute approximate surface area is 85.7 Å². The summed E-state index contributed by atoms with van der Waals surface area (Å²) < 4.78 is 0. The molecule has 14 heavy (non-hydrogen) atoms. The van der Waals surface area contributed by atoms with Crippen LogP contribution in [0.15, 0.2) is 18.2 Å². The molecule has 0 amide bonds. The smallest absolute Gasteiger partial charge is 0.0378 e. The zero-order valence-corrected chi connectivity index (χ0v) is 8.75. The van der Waals surface area contributed by atoms with Crippen LogP contribution < -0.4 is 4.90 Å². The van der Waals surface area contributed by atoms with Crippen LogP contribution in [-0.2, 0) is 0 Å². The van der Waals surface area contributed by atoms with Crippen molar-refractivity contribution in [3.05, 3.63) is 29.3 Å². The number of aryl methyl sites for hydroxylation is 1. The number of anilines is 1. The minimum atomic E-state index is 0.739. The van der Waals surface area contributed by atoms with E-state index in [1.54, 1.807) is 0 Å². The van der Waals surface area contributed by atoms with E-state index < -0.39 is 0 Å². The van der Waals surface area contributed by atoms with E-state index in [4.69, 9.17) is 6.42 Å². The maximum atomic E-state index is 5.44. The Morgan fingerprint density at radius 1 is 1.43 bits per heavy atom. The van der Waals surface area contributed by atoms with Crippen LogP contribution in [0.3, 0.4) is 0 Å². The molecular weight excluding hydrogens is 170 g/mol. The zero-order chi connectivity index (χ0) is 10.1. The molecule has 1 aliphatic rings. The fourth-order valence-corrected chi connectivity index (χ4v) is 1.66. The van der Waals surface area contributed by atoms with Crippen molar-refractivity contribution in [3.8, 4) is 12.3 Å². The van der Waals surface area contributed by atoms with Gasteiger partial charge in [-0.05, 0) is 37.5 Å². The summed E-state index contributed by atoms with van der Waals surface area (Å²) in [6, 6.07) is 7.09. The third-order valence-electron chi connectivity index (χ3n) is 2.88. The van der Waals surface area contributed by atoms with Crippen molar-refractivity contribution >= 4 is 5.69 Å². The first kappa shape index (κ1) is 9.15. The number of benzene rings is 1. The number of rotatable bonds is 2. The second-order valence-corrected chi connectivity index (χ2v) is 3.99. The number of nitrogens with zero attached hydrogens (tertiary/aromatic N) is 1. The second-order valence-electron chi connectivity index (χ2n) is 3.99. The second kappa shape index (κ2) is 3.38. The molecule has 1 saturated carbocycles. The molecule has 0 N–H and O–H groups in total. The third-order valence-corrected chi connectivity index (χ3v) is 2.88. The molecule has 0 aromatic heterocycles. The predicted octanol–water partition coefficient (Wildman–Crippen LogP) is 2.57. The summed E-state index contributed by atoms with van der Waals surface area (Å²) in [4.78, 5) is 2.32. The average Bonchev–Trinajstić information content (AvgIpc) is 3.01. The highest BCUT2D eigenvalue weighted by Crippen LogP contribution is 2.30. The average molecular weight is 185 g/mol. The molecule has 1 heteroatoms. The largest absolute Gasteiger partial charge is 0.372 e. The van der Waals surface area contributed by atoms with Gasteiger partial charge in [0, 0.05) is 24.3 Å². The van der Waals surface area contributed by atoms with Crippen LogP contribution in [0.1, 0.15) is 24.0 Å². The van der Waals surface area contributed by atoms with Gasteiger partial charge in [-0.15, -0.1) is 6.42 Å². The molecule has 0 atom stereocenters. The molecule has 1 nitrogen and oxygen atoms in total. The van der Waals surface area contributed by atoms with E-state index >= 15 is 0 Å². The van der Waals surface area contributed by atoms with Crippen molar-refractivity contribution in [1.82, 2.24) is 0 Å². The lowest BCUT2D eigenvalue weighted by atomic mass is 10.1. The minimum Gasteiger partial charge on any atom is -0.372 e. The Balaban J connectivity index is 2.30. The lowest BCUT2D eigenvalue weighted by molar-refractivity contribution is 0.916. The van der Waals surface area contributed by atoms with Crippen molar-refractivity contribution in [2.45, 2.75) is 25.8 Å². The molecule has 2 rings (SSSR count).